The summed E-state index contributed by atoms with van der Waals surface area (Å²) in [7, 11) is 1.82. The molecule has 1 amide bonds. The van der Waals surface area contributed by atoms with Crippen LogP contribution >= 0.6 is 12.2 Å². The van der Waals surface area contributed by atoms with E-state index in [1.54, 1.807) is 9.80 Å². The molecule has 2 aromatic rings. The smallest absolute Gasteiger partial charge is 0.281 e. The van der Waals surface area contributed by atoms with Crippen LogP contribution < -0.4 is 4.90 Å². The second-order valence-corrected chi connectivity index (χ2v) is 5.12. The van der Waals surface area contributed by atoms with Crippen LogP contribution in [0.25, 0.3) is 6.08 Å². The first-order valence-electron chi connectivity index (χ1n) is 6.62. The van der Waals surface area contributed by atoms with Crippen molar-refractivity contribution in [3.8, 4) is 0 Å². The van der Waals surface area contributed by atoms with Crippen LogP contribution in [0.2, 0.25) is 0 Å². The fraction of sp³-hybridized carbons (Fsp3) is 0.0588. The predicted molar refractivity (Wildman–Crippen MR) is 88.7 cm³/mol. The van der Waals surface area contributed by atoms with Crippen molar-refractivity contribution in [3.05, 3.63) is 71.9 Å². The lowest BCUT2D eigenvalue weighted by atomic mass is 10.2. The predicted octanol–water partition coefficient (Wildman–Crippen LogP) is 3.29. The number of nitrogens with zero attached hydrogens (tertiary/aromatic N) is 2. The highest BCUT2D eigenvalue weighted by Gasteiger charge is 2.36. The number of rotatable bonds is 2. The Bertz CT molecular complexity index is 710. The summed E-state index contributed by atoms with van der Waals surface area (Å²) in [5.74, 6) is -0.0995. The molecule has 1 aliphatic heterocycles. The van der Waals surface area contributed by atoms with E-state index in [-0.39, 0.29) is 5.91 Å². The van der Waals surface area contributed by atoms with Gasteiger partial charge in [0.05, 0.1) is 5.69 Å². The minimum Gasteiger partial charge on any atom is -0.317 e. The number of carbonyl (C=O) groups excluding carboxylic acids is 1. The van der Waals surface area contributed by atoms with Crippen LogP contribution in [-0.2, 0) is 4.79 Å². The van der Waals surface area contributed by atoms with E-state index < -0.39 is 0 Å². The maximum absolute atomic E-state index is 12.7. The van der Waals surface area contributed by atoms with Gasteiger partial charge in [0.25, 0.3) is 5.91 Å². The summed E-state index contributed by atoms with van der Waals surface area (Å²) in [5.41, 5.74) is 2.34. The molecule has 4 heteroatoms. The molecule has 0 aliphatic carbocycles. The number of anilines is 1. The first-order valence-corrected chi connectivity index (χ1v) is 7.03. The number of amides is 1. The first-order chi connectivity index (χ1) is 10.2. The molecular weight excluding hydrogens is 280 g/mol. The Morgan fingerprint density at radius 2 is 1.52 bits per heavy atom. The molecule has 0 bridgehead atoms. The fourth-order valence-corrected chi connectivity index (χ4v) is 2.56. The molecule has 0 unspecified atom stereocenters. The van der Waals surface area contributed by atoms with Gasteiger partial charge in [0.2, 0.25) is 0 Å². The van der Waals surface area contributed by atoms with E-state index in [1.807, 2.05) is 73.8 Å². The number of benzene rings is 2. The summed E-state index contributed by atoms with van der Waals surface area (Å²) in [6.45, 7) is 0. The maximum Gasteiger partial charge on any atom is 0.281 e. The van der Waals surface area contributed by atoms with Gasteiger partial charge in [-0.3, -0.25) is 9.69 Å². The van der Waals surface area contributed by atoms with E-state index in [0.29, 0.717) is 10.8 Å². The molecule has 1 heterocycles. The molecule has 3 nitrogen and oxygen atoms in total. The number of likely N-dealkylation sites (N-methyl/N-ethyl adjacent to an activating group) is 1. The van der Waals surface area contributed by atoms with Crippen LogP contribution in [0.4, 0.5) is 5.69 Å². The third-order valence-electron chi connectivity index (χ3n) is 3.38. The summed E-state index contributed by atoms with van der Waals surface area (Å²) < 4.78 is 0. The highest BCUT2D eigenvalue weighted by atomic mass is 32.1. The molecule has 0 atom stereocenters. The minimum atomic E-state index is -0.0995. The summed E-state index contributed by atoms with van der Waals surface area (Å²) in [6, 6.07) is 19.2. The third-order valence-corrected chi connectivity index (χ3v) is 3.84. The average Bonchev–Trinajstić information content (AvgIpc) is 2.73. The van der Waals surface area contributed by atoms with Gasteiger partial charge in [-0.1, -0.05) is 48.5 Å². The van der Waals surface area contributed by atoms with Crippen LogP contribution in [0, 0.1) is 0 Å². The average molecular weight is 294 g/mol. The summed E-state index contributed by atoms with van der Waals surface area (Å²) >= 11 is 5.41. The van der Waals surface area contributed by atoms with E-state index >= 15 is 0 Å². The zero-order valence-electron chi connectivity index (χ0n) is 11.6. The zero-order chi connectivity index (χ0) is 14.8. The van der Waals surface area contributed by atoms with Crippen LogP contribution in [0.1, 0.15) is 5.56 Å². The highest BCUT2D eigenvalue weighted by molar-refractivity contribution is 7.80. The Kier molecular flexibility index (Phi) is 3.54. The van der Waals surface area contributed by atoms with E-state index in [1.165, 1.54) is 0 Å². The molecule has 0 radical (unpaired) electrons. The van der Waals surface area contributed by atoms with Crippen molar-refractivity contribution >= 4 is 35.0 Å². The Labute approximate surface area is 129 Å². The zero-order valence-corrected chi connectivity index (χ0v) is 12.4. The van der Waals surface area contributed by atoms with Crippen molar-refractivity contribution in [3.63, 3.8) is 0 Å². The largest absolute Gasteiger partial charge is 0.317 e. The van der Waals surface area contributed by atoms with Gasteiger partial charge in [-0.2, -0.15) is 0 Å². The summed E-state index contributed by atoms with van der Waals surface area (Å²) in [4.78, 5) is 16.0. The molecule has 0 spiro atoms. The van der Waals surface area contributed by atoms with E-state index in [0.717, 1.165) is 11.3 Å². The van der Waals surface area contributed by atoms with Crippen molar-refractivity contribution in [2.75, 3.05) is 11.9 Å². The Balaban J connectivity index is 2.00. The molecule has 2 aromatic carbocycles. The Hall–Kier alpha value is -2.46. The van der Waals surface area contributed by atoms with E-state index in [2.05, 4.69) is 0 Å². The molecule has 104 valence electrons. The van der Waals surface area contributed by atoms with Crippen LogP contribution in [0.5, 0.6) is 0 Å². The van der Waals surface area contributed by atoms with Gasteiger partial charge in [0.15, 0.2) is 5.11 Å². The topological polar surface area (TPSA) is 23.6 Å². The van der Waals surface area contributed by atoms with Crippen LogP contribution in [0.15, 0.2) is 66.4 Å². The van der Waals surface area contributed by atoms with Crippen molar-refractivity contribution in [2.45, 2.75) is 0 Å². The number of hydrogen-bond donors (Lipinski definition) is 0. The normalized spacial score (nSPS) is 16.9. The molecule has 1 aliphatic rings. The number of carbonyl (C=O) groups is 1. The van der Waals surface area contributed by atoms with Gasteiger partial charge >= 0.3 is 0 Å². The highest BCUT2D eigenvalue weighted by Crippen LogP contribution is 2.27. The molecule has 21 heavy (non-hydrogen) atoms. The van der Waals surface area contributed by atoms with E-state index in [4.69, 9.17) is 12.2 Å². The fourth-order valence-electron chi connectivity index (χ4n) is 2.27. The second kappa shape index (κ2) is 5.50. The lowest BCUT2D eigenvalue weighted by Gasteiger charge is -2.16. The van der Waals surface area contributed by atoms with Gasteiger partial charge in [0, 0.05) is 7.05 Å². The van der Waals surface area contributed by atoms with Crippen molar-refractivity contribution in [1.82, 2.24) is 4.90 Å². The van der Waals surface area contributed by atoms with Gasteiger partial charge in [-0.25, -0.2) is 0 Å². The van der Waals surface area contributed by atoms with Gasteiger partial charge in [0.1, 0.15) is 5.70 Å². The maximum atomic E-state index is 12.7. The standard InChI is InChI=1S/C17H14N2OS/c1-18-15(12-13-8-4-2-5-9-13)16(20)19(17(18)21)14-10-6-3-7-11-14/h2-12H,1H3/b15-12+. The number of hydrogen-bond acceptors (Lipinski definition) is 2. The van der Waals surface area contributed by atoms with Crippen molar-refractivity contribution < 1.29 is 4.79 Å². The van der Waals surface area contributed by atoms with Crippen LogP contribution in [0.3, 0.4) is 0 Å². The minimum absolute atomic E-state index is 0.0995. The monoisotopic (exact) mass is 294 g/mol. The SMILES string of the molecule is CN1C(=S)N(c2ccccc2)C(=O)/C1=C\c1ccccc1. The molecule has 0 saturated carbocycles. The number of thiocarbonyl (C=S) groups is 1. The lowest BCUT2D eigenvalue weighted by molar-refractivity contribution is -0.114. The molecule has 1 fully saturated rings. The van der Waals surface area contributed by atoms with Gasteiger partial charge < -0.3 is 4.90 Å². The molecule has 0 N–H and O–H groups in total. The third kappa shape index (κ3) is 2.45. The van der Waals surface area contributed by atoms with Gasteiger partial charge in [-0.15, -0.1) is 0 Å². The Morgan fingerprint density at radius 3 is 2.14 bits per heavy atom. The molecule has 1 saturated heterocycles. The first kappa shape index (κ1) is 13.5. The van der Waals surface area contributed by atoms with E-state index in [9.17, 15) is 4.79 Å². The molecule has 3 rings (SSSR count). The second-order valence-electron chi connectivity index (χ2n) is 4.76. The van der Waals surface area contributed by atoms with Gasteiger partial charge in [-0.05, 0) is 36.0 Å². The Morgan fingerprint density at radius 1 is 0.952 bits per heavy atom. The van der Waals surface area contributed by atoms with Crippen molar-refractivity contribution in [2.24, 2.45) is 0 Å². The molecule has 0 aromatic heterocycles. The number of para-hydroxylation sites is 1. The lowest BCUT2D eigenvalue weighted by Crippen LogP contribution is -2.30. The summed E-state index contributed by atoms with van der Waals surface area (Å²) in [5, 5.41) is 0.494. The van der Waals surface area contributed by atoms with Crippen molar-refractivity contribution in [1.29, 1.82) is 0 Å². The van der Waals surface area contributed by atoms with Crippen LogP contribution in [-0.4, -0.2) is 23.0 Å². The molecular formula is C17H14N2OS. The quantitative estimate of drug-likeness (QED) is 0.627. The summed E-state index contributed by atoms with van der Waals surface area (Å²) in [6.07, 6.45) is 1.86.